The number of carbonyl (C=O) groups excluding carboxylic acids is 1. The predicted octanol–water partition coefficient (Wildman–Crippen LogP) is 1.54. The van der Waals surface area contributed by atoms with Crippen LogP contribution in [0.5, 0.6) is 0 Å². The minimum Gasteiger partial charge on any atom is -0.290 e. The maximum Gasteiger partial charge on any atom is 0.243 e. The summed E-state index contributed by atoms with van der Waals surface area (Å²) in [6, 6.07) is 12.1. The highest BCUT2D eigenvalue weighted by Gasteiger charge is 2.45. The molecule has 0 aliphatic carbocycles. The minimum absolute atomic E-state index is 0.412. The Bertz CT molecular complexity index is 730. The Morgan fingerprint density at radius 1 is 1.10 bits per heavy atom. The van der Waals surface area contributed by atoms with Crippen LogP contribution in [0.15, 0.2) is 54.9 Å². The Morgan fingerprint density at radius 2 is 1.85 bits per heavy atom. The molecule has 1 aromatic carbocycles. The Hall–Kier alpha value is -2.21. The predicted molar refractivity (Wildman–Crippen MR) is 74.7 cm³/mol. The summed E-state index contributed by atoms with van der Waals surface area (Å²) in [5.41, 5.74) is 1.08. The van der Waals surface area contributed by atoms with Crippen LogP contribution in [-0.2, 0) is 14.6 Å². The van der Waals surface area contributed by atoms with E-state index in [0.717, 1.165) is 0 Å². The van der Waals surface area contributed by atoms with Gasteiger partial charge in [0.1, 0.15) is 5.75 Å². The highest BCUT2D eigenvalue weighted by Crippen LogP contribution is 2.36. The molecule has 0 saturated carbocycles. The van der Waals surface area contributed by atoms with Crippen molar-refractivity contribution in [3.05, 3.63) is 60.4 Å². The number of carbonyl (C=O) groups is 1. The summed E-state index contributed by atoms with van der Waals surface area (Å²) in [5, 5.41) is -0.994. The lowest BCUT2D eigenvalue weighted by Gasteiger charge is -2.23. The molecule has 5 nitrogen and oxygen atoms in total. The number of benzene rings is 1. The van der Waals surface area contributed by atoms with Gasteiger partial charge in [0.05, 0.1) is 0 Å². The second-order valence-corrected chi connectivity index (χ2v) is 6.61. The van der Waals surface area contributed by atoms with E-state index in [1.807, 2.05) is 6.07 Å². The second kappa shape index (κ2) is 4.72. The molecule has 3 rings (SSSR count). The lowest BCUT2D eigenvalue weighted by Crippen LogP contribution is -2.29. The average Bonchev–Trinajstić information content (AvgIpc) is 2.70. The van der Waals surface area contributed by atoms with Crippen LogP contribution in [0.3, 0.4) is 0 Å². The third-order valence-corrected chi connectivity index (χ3v) is 4.98. The molecule has 20 heavy (non-hydrogen) atoms. The van der Waals surface area contributed by atoms with Crippen molar-refractivity contribution in [1.29, 1.82) is 0 Å². The molecule has 2 aromatic rings. The molecular formula is C14H12N2O3S. The normalized spacial score (nSPS) is 21.1. The fourth-order valence-corrected chi connectivity index (χ4v) is 4.11. The Morgan fingerprint density at radius 3 is 2.50 bits per heavy atom. The van der Waals surface area contributed by atoms with Gasteiger partial charge in [-0.2, -0.15) is 0 Å². The van der Waals surface area contributed by atoms with Gasteiger partial charge in [-0.25, -0.2) is 8.42 Å². The van der Waals surface area contributed by atoms with Gasteiger partial charge in [0.15, 0.2) is 15.2 Å². The molecule has 1 amide bonds. The monoisotopic (exact) mass is 288 g/mol. The first-order valence-electron chi connectivity index (χ1n) is 6.08. The number of aromatic nitrogens is 1. The van der Waals surface area contributed by atoms with Gasteiger partial charge in [-0.15, -0.1) is 0 Å². The minimum atomic E-state index is -3.55. The molecule has 0 N–H and O–H groups in total. The number of hydrogen-bond donors (Lipinski definition) is 0. The topological polar surface area (TPSA) is 67.3 Å². The summed E-state index contributed by atoms with van der Waals surface area (Å²) in [4.78, 5) is 17.4. The van der Waals surface area contributed by atoms with Crippen LogP contribution < -0.4 is 4.90 Å². The van der Waals surface area contributed by atoms with Crippen molar-refractivity contribution in [2.75, 3.05) is 10.7 Å². The van der Waals surface area contributed by atoms with Gasteiger partial charge in [-0.1, -0.05) is 24.3 Å². The van der Waals surface area contributed by atoms with E-state index in [4.69, 9.17) is 0 Å². The molecule has 0 spiro atoms. The first-order valence-corrected chi connectivity index (χ1v) is 7.80. The van der Waals surface area contributed by atoms with E-state index in [1.165, 1.54) is 11.1 Å². The smallest absolute Gasteiger partial charge is 0.243 e. The first kappa shape index (κ1) is 12.8. The molecule has 6 heteroatoms. The molecular weight excluding hydrogens is 276 g/mol. The molecule has 2 heterocycles. The molecule has 0 radical (unpaired) electrons. The SMILES string of the molecule is O=C1CS(=O)(=O)[C@@H](c2cccnc2)N1c1ccccc1. The third kappa shape index (κ3) is 2.08. The van der Waals surface area contributed by atoms with Gasteiger partial charge in [0.25, 0.3) is 0 Å². The zero-order valence-corrected chi connectivity index (χ0v) is 11.3. The molecule has 0 unspecified atom stereocenters. The van der Waals surface area contributed by atoms with E-state index < -0.39 is 26.9 Å². The summed E-state index contributed by atoms with van der Waals surface area (Å²) >= 11 is 0. The van der Waals surface area contributed by atoms with Crippen LogP contribution in [0.4, 0.5) is 5.69 Å². The van der Waals surface area contributed by atoms with Crippen LogP contribution in [0, 0.1) is 0 Å². The van der Waals surface area contributed by atoms with Crippen LogP contribution in [0.2, 0.25) is 0 Å². The highest BCUT2D eigenvalue weighted by molar-refractivity contribution is 7.93. The number of pyridine rings is 1. The van der Waals surface area contributed by atoms with E-state index in [2.05, 4.69) is 4.98 Å². The van der Waals surface area contributed by atoms with Gasteiger partial charge < -0.3 is 0 Å². The Labute approximate surface area is 116 Å². The van der Waals surface area contributed by atoms with Crippen LogP contribution in [0.1, 0.15) is 10.9 Å². The zero-order chi connectivity index (χ0) is 14.2. The van der Waals surface area contributed by atoms with Crippen molar-refractivity contribution in [3.8, 4) is 0 Å². The van der Waals surface area contributed by atoms with Crippen LogP contribution in [-0.4, -0.2) is 25.1 Å². The number of sulfone groups is 1. The average molecular weight is 288 g/mol. The largest absolute Gasteiger partial charge is 0.290 e. The summed E-state index contributed by atoms with van der Waals surface area (Å²) in [5.74, 6) is -0.883. The molecule has 1 aromatic heterocycles. The summed E-state index contributed by atoms with van der Waals surface area (Å²) in [6.07, 6.45) is 3.05. The molecule has 1 atom stereocenters. The van der Waals surface area contributed by atoms with Crippen LogP contribution in [0.25, 0.3) is 0 Å². The maximum atomic E-state index is 12.3. The first-order chi connectivity index (χ1) is 9.59. The van der Waals surface area contributed by atoms with Crippen molar-refractivity contribution in [2.24, 2.45) is 0 Å². The number of hydrogen-bond acceptors (Lipinski definition) is 4. The number of nitrogens with zero attached hydrogens (tertiary/aromatic N) is 2. The fraction of sp³-hybridized carbons (Fsp3) is 0.143. The molecule has 1 saturated heterocycles. The van der Waals surface area contributed by atoms with Gasteiger partial charge >= 0.3 is 0 Å². The Kier molecular flexibility index (Phi) is 3.02. The quantitative estimate of drug-likeness (QED) is 0.840. The van der Waals surface area contributed by atoms with Crippen molar-refractivity contribution in [1.82, 2.24) is 4.98 Å². The van der Waals surface area contributed by atoms with Crippen molar-refractivity contribution in [3.63, 3.8) is 0 Å². The highest BCUT2D eigenvalue weighted by atomic mass is 32.2. The van der Waals surface area contributed by atoms with Gasteiger partial charge in [0, 0.05) is 23.6 Å². The zero-order valence-electron chi connectivity index (χ0n) is 10.5. The molecule has 0 bridgehead atoms. The maximum absolute atomic E-state index is 12.3. The van der Waals surface area contributed by atoms with E-state index in [1.54, 1.807) is 42.6 Å². The van der Waals surface area contributed by atoms with Crippen molar-refractivity contribution >= 4 is 21.4 Å². The molecule has 1 aliphatic heterocycles. The van der Waals surface area contributed by atoms with Crippen molar-refractivity contribution < 1.29 is 13.2 Å². The number of rotatable bonds is 2. The van der Waals surface area contributed by atoms with E-state index in [0.29, 0.717) is 11.3 Å². The third-order valence-electron chi connectivity index (χ3n) is 3.17. The van der Waals surface area contributed by atoms with Gasteiger partial charge in [-0.3, -0.25) is 14.7 Å². The van der Waals surface area contributed by atoms with Crippen LogP contribution >= 0.6 is 0 Å². The lowest BCUT2D eigenvalue weighted by atomic mass is 10.2. The van der Waals surface area contributed by atoms with Crippen molar-refractivity contribution in [2.45, 2.75) is 5.37 Å². The van der Waals surface area contributed by atoms with E-state index >= 15 is 0 Å². The second-order valence-electron chi connectivity index (χ2n) is 4.55. The molecule has 102 valence electrons. The lowest BCUT2D eigenvalue weighted by molar-refractivity contribution is -0.115. The molecule has 1 fully saturated rings. The van der Waals surface area contributed by atoms with E-state index in [-0.39, 0.29) is 0 Å². The van der Waals surface area contributed by atoms with Gasteiger partial charge in [-0.05, 0) is 18.2 Å². The summed E-state index contributed by atoms with van der Waals surface area (Å²) in [7, 11) is -3.55. The standard InChI is InChI=1S/C14H12N2O3S/c17-13-10-20(18,19)14(11-5-4-8-15-9-11)16(13)12-6-2-1-3-7-12/h1-9,14H,10H2/t14-/m0/s1. The Balaban J connectivity index is 2.15. The van der Waals surface area contributed by atoms with Gasteiger partial charge in [0.2, 0.25) is 5.91 Å². The summed E-state index contributed by atoms with van der Waals surface area (Å²) < 4.78 is 24.5. The molecule has 1 aliphatic rings. The number of amides is 1. The van der Waals surface area contributed by atoms with E-state index in [9.17, 15) is 13.2 Å². The fourth-order valence-electron chi connectivity index (χ4n) is 2.36. The number of para-hydroxylation sites is 1. The number of anilines is 1. The summed E-state index contributed by atoms with van der Waals surface area (Å²) in [6.45, 7) is 0.